The Bertz CT molecular complexity index is 393. The molecule has 2 amide bonds. The van der Waals surface area contributed by atoms with E-state index in [0.29, 0.717) is 31.8 Å². The van der Waals surface area contributed by atoms with Crippen LogP contribution in [0.4, 0.5) is 4.79 Å². The number of likely N-dealkylation sites (tertiary alicyclic amines) is 1. The van der Waals surface area contributed by atoms with Crippen LogP contribution < -0.4 is 5.32 Å². The van der Waals surface area contributed by atoms with Crippen LogP contribution in [0.5, 0.6) is 0 Å². The normalized spacial score (nSPS) is 31.0. The van der Waals surface area contributed by atoms with Gasteiger partial charge in [0.25, 0.3) is 0 Å². The number of aliphatic hydroxyl groups is 1. The molecule has 0 spiro atoms. The van der Waals surface area contributed by atoms with Gasteiger partial charge in [-0.25, -0.2) is 9.59 Å². The molecule has 3 N–H and O–H groups in total. The Balaban J connectivity index is 1.97. The van der Waals surface area contributed by atoms with Crippen molar-refractivity contribution in [3.05, 3.63) is 0 Å². The molecular formula is C15H26N2O4. The molecule has 6 nitrogen and oxygen atoms in total. The topological polar surface area (TPSA) is 89.9 Å². The standard InChI is InChI=1S/C15H26N2O4/c1-11-3-2-6-15(9-11,13(19)20)16-14(21)17-7-4-12(10-18)5-8-17/h11-12,18H,2-10H2,1H3,(H,16,21)(H,19,20). The van der Waals surface area contributed by atoms with E-state index in [0.717, 1.165) is 25.7 Å². The zero-order valence-electron chi connectivity index (χ0n) is 12.7. The highest BCUT2D eigenvalue weighted by Gasteiger charge is 2.44. The number of aliphatic hydroxyl groups excluding tert-OH is 1. The molecule has 1 heterocycles. The van der Waals surface area contributed by atoms with Crippen molar-refractivity contribution < 1.29 is 19.8 Å². The first-order valence-electron chi connectivity index (χ1n) is 7.88. The summed E-state index contributed by atoms with van der Waals surface area (Å²) in [5.41, 5.74) is -1.11. The molecule has 0 radical (unpaired) electrons. The summed E-state index contributed by atoms with van der Waals surface area (Å²) in [6.45, 7) is 3.37. The van der Waals surface area contributed by atoms with Crippen LogP contribution in [-0.2, 0) is 4.79 Å². The average Bonchev–Trinajstić information content (AvgIpc) is 2.47. The second-order valence-electron chi connectivity index (χ2n) is 6.63. The Labute approximate surface area is 125 Å². The van der Waals surface area contributed by atoms with E-state index in [1.54, 1.807) is 4.90 Å². The third-order valence-electron chi connectivity index (χ3n) is 4.91. The third-order valence-corrected chi connectivity index (χ3v) is 4.91. The molecule has 0 aromatic carbocycles. The van der Waals surface area contributed by atoms with Gasteiger partial charge < -0.3 is 20.4 Å². The minimum absolute atomic E-state index is 0.159. The summed E-state index contributed by atoms with van der Waals surface area (Å²) in [6.07, 6.45) is 4.42. The van der Waals surface area contributed by atoms with Crippen molar-refractivity contribution >= 4 is 12.0 Å². The number of hydrogen-bond donors (Lipinski definition) is 3. The van der Waals surface area contributed by atoms with Gasteiger partial charge in [0, 0.05) is 19.7 Å². The zero-order chi connectivity index (χ0) is 15.5. The lowest BCUT2D eigenvalue weighted by atomic mass is 9.76. The van der Waals surface area contributed by atoms with Crippen LogP contribution in [0.1, 0.15) is 45.4 Å². The number of carboxylic acids is 1. The fourth-order valence-electron chi connectivity index (χ4n) is 3.51. The van der Waals surface area contributed by atoms with Gasteiger partial charge in [0.2, 0.25) is 0 Å². The molecular weight excluding hydrogens is 272 g/mol. The first kappa shape index (κ1) is 16.1. The molecule has 2 rings (SSSR count). The van der Waals surface area contributed by atoms with Crippen molar-refractivity contribution in [3.63, 3.8) is 0 Å². The highest BCUT2D eigenvalue weighted by molar-refractivity contribution is 5.86. The van der Waals surface area contributed by atoms with Gasteiger partial charge in [-0.1, -0.05) is 19.8 Å². The number of hydrogen-bond acceptors (Lipinski definition) is 3. The molecule has 2 fully saturated rings. The van der Waals surface area contributed by atoms with Gasteiger partial charge in [-0.2, -0.15) is 0 Å². The summed E-state index contributed by atoms with van der Waals surface area (Å²) in [6, 6.07) is -0.275. The van der Waals surface area contributed by atoms with Crippen LogP contribution in [0.25, 0.3) is 0 Å². The summed E-state index contributed by atoms with van der Waals surface area (Å²) >= 11 is 0. The fraction of sp³-hybridized carbons (Fsp3) is 0.867. The van der Waals surface area contributed by atoms with E-state index in [1.807, 2.05) is 6.92 Å². The second-order valence-corrected chi connectivity index (χ2v) is 6.63. The number of nitrogens with zero attached hydrogens (tertiary/aromatic N) is 1. The molecule has 1 saturated heterocycles. The first-order valence-corrected chi connectivity index (χ1v) is 7.88. The number of urea groups is 1. The van der Waals surface area contributed by atoms with Crippen molar-refractivity contribution in [1.29, 1.82) is 0 Å². The van der Waals surface area contributed by atoms with Gasteiger partial charge in [0.1, 0.15) is 5.54 Å². The van der Waals surface area contributed by atoms with Crippen molar-refractivity contribution in [2.24, 2.45) is 11.8 Å². The summed E-state index contributed by atoms with van der Waals surface area (Å²) < 4.78 is 0. The third kappa shape index (κ3) is 3.67. The quantitative estimate of drug-likeness (QED) is 0.735. The SMILES string of the molecule is CC1CCCC(NC(=O)N2CCC(CO)CC2)(C(=O)O)C1. The molecule has 0 bridgehead atoms. The number of carbonyl (C=O) groups excluding carboxylic acids is 1. The highest BCUT2D eigenvalue weighted by atomic mass is 16.4. The second kappa shape index (κ2) is 6.64. The maximum Gasteiger partial charge on any atom is 0.329 e. The monoisotopic (exact) mass is 298 g/mol. The Hall–Kier alpha value is -1.30. The lowest BCUT2D eigenvalue weighted by Crippen LogP contribution is -2.60. The van der Waals surface area contributed by atoms with E-state index in [1.165, 1.54) is 0 Å². The smallest absolute Gasteiger partial charge is 0.329 e. The number of carbonyl (C=O) groups is 2. The fourth-order valence-corrected chi connectivity index (χ4v) is 3.51. The van der Waals surface area contributed by atoms with Crippen molar-refractivity contribution in [3.8, 4) is 0 Å². The number of rotatable bonds is 3. The predicted molar refractivity (Wildman–Crippen MR) is 77.9 cm³/mol. The number of nitrogens with one attached hydrogen (secondary N) is 1. The van der Waals surface area contributed by atoms with Crippen LogP contribution in [0.15, 0.2) is 0 Å². The summed E-state index contributed by atoms with van der Waals surface area (Å²) in [4.78, 5) is 25.7. The zero-order valence-corrected chi connectivity index (χ0v) is 12.7. The van der Waals surface area contributed by atoms with Gasteiger partial charge in [-0.15, -0.1) is 0 Å². The van der Waals surface area contributed by atoms with Gasteiger partial charge in [-0.05, 0) is 37.5 Å². The van der Waals surface area contributed by atoms with Crippen LogP contribution in [0, 0.1) is 11.8 Å². The Morgan fingerprint density at radius 1 is 1.29 bits per heavy atom. The van der Waals surface area contributed by atoms with Gasteiger partial charge >= 0.3 is 12.0 Å². The van der Waals surface area contributed by atoms with Crippen LogP contribution in [0.2, 0.25) is 0 Å². The van der Waals surface area contributed by atoms with E-state index < -0.39 is 11.5 Å². The molecule has 0 aromatic heterocycles. The molecule has 2 atom stereocenters. The van der Waals surface area contributed by atoms with Gasteiger partial charge in [0.15, 0.2) is 0 Å². The Kier molecular flexibility index (Phi) is 5.08. The molecule has 0 aromatic rings. The van der Waals surface area contributed by atoms with Crippen molar-refractivity contribution in [1.82, 2.24) is 10.2 Å². The molecule has 6 heteroatoms. The molecule has 1 aliphatic heterocycles. The van der Waals surface area contributed by atoms with E-state index in [-0.39, 0.29) is 18.6 Å². The lowest BCUT2D eigenvalue weighted by molar-refractivity contribution is -0.146. The van der Waals surface area contributed by atoms with E-state index in [9.17, 15) is 14.7 Å². The van der Waals surface area contributed by atoms with Gasteiger partial charge in [0.05, 0.1) is 0 Å². The molecule has 1 saturated carbocycles. The summed E-state index contributed by atoms with van der Waals surface area (Å²) in [7, 11) is 0. The minimum atomic E-state index is -1.11. The molecule has 2 unspecified atom stereocenters. The number of amides is 2. The maximum atomic E-state index is 12.4. The number of carboxylic acid groups (broad SMARTS) is 1. The van der Waals surface area contributed by atoms with E-state index >= 15 is 0 Å². The number of piperidine rings is 1. The minimum Gasteiger partial charge on any atom is -0.480 e. The van der Waals surface area contributed by atoms with E-state index in [2.05, 4.69) is 5.32 Å². The largest absolute Gasteiger partial charge is 0.480 e. The predicted octanol–water partition coefficient (Wildman–Crippen LogP) is 1.43. The molecule has 2 aliphatic rings. The van der Waals surface area contributed by atoms with Crippen LogP contribution in [-0.4, -0.2) is 52.3 Å². The first-order chi connectivity index (χ1) is 9.97. The Morgan fingerprint density at radius 2 is 1.95 bits per heavy atom. The van der Waals surface area contributed by atoms with Gasteiger partial charge in [-0.3, -0.25) is 0 Å². The molecule has 21 heavy (non-hydrogen) atoms. The van der Waals surface area contributed by atoms with Crippen LogP contribution >= 0.6 is 0 Å². The van der Waals surface area contributed by atoms with Crippen molar-refractivity contribution in [2.75, 3.05) is 19.7 Å². The maximum absolute atomic E-state index is 12.4. The summed E-state index contributed by atoms with van der Waals surface area (Å²) in [5.74, 6) is -0.347. The molecule has 120 valence electrons. The highest BCUT2D eigenvalue weighted by Crippen LogP contribution is 2.33. The summed E-state index contributed by atoms with van der Waals surface area (Å²) in [5, 5.41) is 21.5. The van der Waals surface area contributed by atoms with Crippen LogP contribution in [0.3, 0.4) is 0 Å². The lowest BCUT2D eigenvalue weighted by Gasteiger charge is -2.39. The molecule has 1 aliphatic carbocycles. The van der Waals surface area contributed by atoms with Crippen molar-refractivity contribution in [2.45, 2.75) is 51.0 Å². The average molecular weight is 298 g/mol. The number of aliphatic carboxylic acids is 1. The Morgan fingerprint density at radius 3 is 2.48 bits per heavy atom. The van der Waals surface area contributed by atoms with E-state index in [4.69, 9.17) is 5.11 Å².